The quantitative estimate of drug-likeness (QED) is 0.616. The summed E-state index contributed by atoms with van der Waals surface area (Å²) >= 11 is 4.88. The maximum Gasteiger partial charge on any atom is 0.325 e. The molecule has 2 N–H and O–H groups in total. The number of carbonyl (C=O) groups is 1. The molecule has 0 spiro atoms. The van der Waals surface area contributed by atoms with Gasteiger partial charge in [-0.15, -0.1) is 0 Å². The molecule has 1 heterocycles. The van der Waals surface area contributed by atoms with Gasteiger partial charge in [0.25, 0.3) is 0 Å². The summed E-state index contributed by atoms with van der Waals surface area (Å²) < 4.78 is 4.85. The lowest BCUT2D eigenvalue weighted by atomic mass is 10.2. The first-order valence-corrected chi connectivity index (χ1v) is 5.58. The van der Waals surface area contributed by atoms with Gasteiger partial charge >= 0.3 is 5.97 Å². The first-order valence-electron chi connectivity index (χ1n) is 5.17. The van der Waals surface area contributed by atoms with E-state index in [1.807, 2.05) is 0 Å². The molecule has 0 amide bonds. The van der Waals surface area contributed by atoms with Crippen LogP contribution in [0.15, 0.2) is 18.3 Å². The number of ether oxygens (including phenoxy) is 1. The van der Waals surface area contributed by atoms with Crippen molar-refractivity contribution >= 4 is 29.0 Å². The number of rotatable bonds is 5. The zero-order chi connectivity index (χ0) is 12.8. The first-order chi connectivity index (χ1) is 8.04. The summed E-state index contributed by atoms with van der Waals surface area (Å²) in [6.45, 7) is 2.28. The molecule has 1 rings (SSSR count). The number of thiocarbonyl (C=S) groups is 1. The number of hydrogen-bond acceptors (Lipinski definition) is 5. The second-order valence-electron chi connectivity index (χ2n) is 3.43. The van der Waals surface area contributed by atoms with Gasteiger partial charge in [-0.05, 0) is 19.1 Å². The Hall–Kier alpha value is -1.69. The third-order valence-corrected chi connectivity index (χ3v) is 2.33. The average molecular weight is 253 g/mol. The van der Waals surface area contributed by atoms with Gasteiger partial charge in [-0.1, -0.05) is 12.2 Å². The molecule has 0 aromatic carbocycles. The molecule has 0 radical (unpaired) electrons. The van der Waals surface area contributed by atoms with E-state index in [2.05, 4.69) is 4.98 Å². The fourth-order valence-corrected chi connectivity index (χ4v) is 1.39. The van der Waals surface area contributed by atoms with Gasteiger partial charge in [-0.25, -0.2) is 4.98 Å². The highest BCUT2D eigenvalue weighted by atomic mass is 32.1. The van der Waals surface area contributed by atoms with Crippen LogP contribution in [0.1, 0.15) is 12.5 Å². The Labute approximate surface area is 106 Å². The molecule has 0 aliphatic rings. The van der Waals surface area contributed by atoms with Gasteiger partial charge < -0.3 is 15.4 Å². The lowest BCUT2D eigenvalue weighted by molar-refractivity contribution is -0.141. The van der Waals surface area contributed by atoms with E-state index in [9.17, 15) is 4.79 Å². The van der Waals surface area contributed by atoms with E-state index >= 15 is 0 Å². The summed E-state index contributed by atoms with van der Waals surface area (Å²) in [5.74, 6) is 0.334. The fourth-order valence-electron chi connectivity index (χ4n) is 1.26. The molecule has 0 saturated carbocycles. The highest BCUT2D eigenvalue weighted by Gasteiger charge is 2.10. The predicted octanol–water partition coefficient (Wildman–Crippen LogP) is 0.715. The summed E-state index contributed by atoms with van der Waals surface area (Å²) in [5.41, 5.74) is 6.25. The molecule has 0 fully saturated rings. The van der Waals surface area contributed by atoms with E-state index in [0.29, 0.717) is 17.4 Å². The SMILES string of the molecule is CCOC(=O)CN(C)c1cc(C(N)=S)ccn1. The van der Waals surface area contributed by atoms with Crippen molar-refractivity contribution in [2.45, 2.75) is 6.92 Å². The normalized spacial score (nSPS) is 9.76. The third kappa shape index (κ3) is 3.99. The number of anilines is 1. The molecule has 0 aliphatic carbocycles. The van der Waals surface area contributed by atoms with Crippen molar-refractivity contribution in [3.63, 3.8) is 0 Å². The van der Waals surface area contributed by atoms with Crippen LogP contribution < -0.4 is 10.6 Å². The Bertz CT molecular complexity index is 423. The predicted molar refractivity (Wildman–Crippen MR) is 70.0 cm³/mol. The minimum Gasteiger partial charge on any atom is -0.465 e. The van der Waals surface area contributed by atoms with Gasteiger partial charge in [0.15, 0.2) is 0 Å². The zero-order valence-electron chi connectivity index (χ0n) is 9.84. The van der Waals surface area contributed by atoms with E-state index in [1.165, 1.54) is 0 Å². The summed E-state index contributed by atoms with van der Waals surface area (Å²) in [5, 5.41) is 0. The summed E-state index contributed by atoms with van der Waals surface area (Å²) in [6.07, 6.45) is 1.60. The Morgan fingerprint density at radius 3 is 2.94 bits per heavy atom. The van der Waals surface area contributed by atoms with Gasteiger partial charge in [0.2, 0.25) is 0 Å². The van der Waals surface area contributed by atoms with Crippen LogP contribution in [0.25, 0.3) is 0 Å². The van der Waals surface area contributed by atoms with Crippen LogP contribution in [-0.4, -0.2) is 36.1 Å². The second kappa shape index (κ2) is 6.15. The van der Waals surface area contributed by atoms with Crippen molar-refractivity contribution in [2.24, 2.45) is 5.73 Å². The summed E-state index contributed by atoms with van der Waals surface area (Å²) in [4.78, 5) is 17.4. The number of hydrogen-bond donors (Lipinski definition) is 1. The highest BCUT2D eigenvalue weighted by Crippen LogP contribution is 2.10. The smallest absolute Gasteiger partial charge is 0.325 e. The average Bonchev–Trinajstić information content (AvgIpc) is 2.29. The lowest BCUT2D eigenvalue weighted by Crippen LogP contribution is -2.28. The molecular formula is C11H15N3O2S. The maximum absolute atomic E-state index is 11.3. The van der Waals surface area contributed by atoms with E-state index in [4.69, 9.17) is 22.7 Å². The molecule has 0 unspecified atom stereocenters. The molecule has 92 valence electrons. The Kier molecular flexibility index (Phi) is 4.84. The van der Waals surface area contributed by atoms with Crippen LogP contribution >= 0.6 is 12.2 Å². The van der Waals surface area contributed by atoms with Crippen molar-refractivity contribution in [3.05, 3.63) is 23.9 Å². The molecule has 1 aromatic rings. The lowest BCUT2D eigenvalue weighted by Gasteiger charge is -2.17. The number of aromatic nitrogens is 1. The summed E-state index contributed by atoms with van der Waals surface area (Å²) in [6, 6.07) is 3.46. The van der Waals surface area contributed by atoms with E-state index in [0.717, 1.165) is 5.56 Å². The molecule has 6 heteroatoms. The number of likely N-dealkylation sites (N-methyl/N-ethyl adjacent to an activating group) is 1. The molecule has 17 heavy (non-hydrogen) atoms. The van der Waals surface area contributed by atoms with Crippen LogP contribution in [0.2, 0.25) is 0 Å². The number of pyridine rings is 1. The Balaban J connectivity index is 2.75. The zero-order valence-corrected chi connectivity index (χ0v) is 10.7. The van der Waals surface area contributed by atoms with Gasteiger partial charge in [0.05, 0.1) is 6.61 Å². The van der Waals surface area contributed by atoms with Crippen molar-refractivity contribution in [3.8, 4) is 0 Å². The Morgan fingerprint density at radius 2 is 2.35 bits per heavy atom. The number of nitrogens with two attached hydrogens (primary N) is 1. The van der Waals surface area contributed by atoms with Gasteiger partial charge in [-0.3, -0.25) is 4.79 Å². The molecule has 1 aromatic heterocycles. The molecule has 5 nitrogen and oxygen atoms in total. The van der Waals surface area contributed by atoms with E-state index in [1.54, 1.807) is 37.2 Å². The third-order valence-electron chi connectivity index (χ3n) is 2.09. The second-order valence-corrected chi connectivity index (χ2v) is 3.87. The standard InChI is InChI=1S/C11H15N3O2S/c1-3-16-10(15)7-14(2)9-6-8(11(12)17)4-5-13-9/h4-6H,3,7H2,1-2H3,(H2,12,17). The highest BCUT2D eigenvalue weighted by molar-refractivity contribution is 7.80. The molecule has 0 saturated heterocycles. The van der Waals surface area contributed by atoms with Crippen LogP contribution in [0.3, 0.4) is 0 Å². The van der Waals surface area contributed by atoms with Crippen LogP contribution in [0, 0.1) is 0 Å². The number of nitrogens with zero attached hydrogens (tertiary/aromatic N) is 2. The first kappa shape index (κ1) is 13.4. The topological polar surface area (TPSA) is 68.5 Å². The monoisotopic (exact) mass is 253 g/mol. The van der Waals surface area contributed by atoms with Crippen molar-refractivity contribution in [2.75, 3.05) is 25.1 Å². The minimum absolute atomic E-state index is 0.141. The van der Waals surface area contributed by atoms with E-state index in [-0.39, 0.29) is 12.5 Å². The molecule has 0 aliphatic heterocycles. The van der Waals surface area contributed by atoms with Crippen molar-refractivity contribution < 1.29 is 9.53 Å². The summed E-state index contributed by atoms with van der Waals surface area (Å²) in [7, 11) is 1.75. The minimum atomic E-state index is -0.294. The molecule has 0 atom stereocenters. The molecular weight excluding hydrogens is 238 g/mol. The largest absolute Gasteiger partial charge is 0.465 e. The maximum atomic E-state index is 11.3. The fraction of sp³-hybridized carbons (Fsp3) is 0.364. The van der Waals surface area contributed by atoms with Crippen LogP contribution in [0.5, 0.6) is 0 Å². The number of carbonyl (C=O) groups excluding carboxylic acids is 1. The van der Waals surface area contributed by atoms with E-state index < -0.39 is 0 Å². The van der Waals surface area contributed by atoms with Gasteiger partial charge in [0, 0.05) is 18.8 Å². The number of esters is 1. The van der Waals surface area contributed by atoms with Crippen molar-refractivity contribution in [1.82, 2.24) is 4.98 Å². The van der Waals surface area contributed by atoms with Crippen LogP contribution in [0.4, 0.5) is 5.82 Å². The Morgan fingerprint density at radius 1 is 1.65 bits per heavy atom. The van der Waals surface area contributed by atoms with Crippen LogP contribution in [-0.2, 0) is 9.53 Å². The molecule has 0 bridgehead atoms. The van der Waals surface area contributed by atoms with Gasteiger partial charge in [-0.2, -0.15) is 0 Å². The van der Waals surface area contributed by atoms with Gasteiger partial charge in [0.1, 0.15) is 17.4 Å². The van der Waals surface area contributed by atoms with Crippen molar-refractivity contribution in [1.29, 1.82) is 0 Å².